The van der Waals surface area contributed by atoms with Gasteiger partial charge in [-0.25, -0.2) is 0 Å². The Morgan fingerprint density at radius 3 is 2.05 bits per heavy atom. The number of anilines is 3. The van der Waals surface area contributed by atoms with Gasteiger partial charge in [0.15, 0.2) is 0 Å². The van der Waals surface area contributed by atoms with E-state index >= 15 is 0 Å². The Kier molecular flexibility index (Phi) is 5.40. The molecule has 2 nitrogen and oxygen atoms in total. The van der Waals surface area contributed by atoms with Crippen molar-refractivity contribution in [1.82, 2.24) is 0 Å². The quantitative estimate of drug-likeness (QED) is 0.210. The molecule has 2 heterocycles. The van der Waals surface area contributed by atoms with Gasteiger partial charge in [0, 0.05) is 47.9 Å². The molecule has 0 saturated heterocycles. The van der Waals surface area contributed by atoms with Crippen molar-refractivity contribution in [1.29, 1.82) is 0 Å². The van der Waals surface area contributed by atoms with Gasteiger partial charge in [0.2, 0.25) is 0 Å². The molecular formula is C40H25NOS. The van der Waals surface area contributed by atoms with Crippen LogP contribution in [0, 0.1) is 0 Å². The molecule has 7 aromatic carbocycles. The largest absolute Gasteiger partial charge is 0.455 e. The van der Waals surface area contributed by atoms with E-state index in [0.717, 1.165) is 39.1 Å². The highest BCUT2D eigenvalue weighted by molar-refractivity contribution is 7.26. The van der Waals surface area contributed by atoms with Gasteiger partial charge in [0.25, 0.3) is 0 Å². The van der Waals surface area contributed by atoms with E-state index in [1.54, 1.807) is 0 Å². The average molecular weight is 568 g/mol. The van der Waals surface area contributed by atoms with Gasteiger partial charge in [-0.1, -0.05) is 103 Å². The van der Waals surface area contributed by atoms with Crippen LogP contribution in [0.3, 0.4) is 0 Å². The number of benzene rings is 7. The third-order valence-corrected chi connectivity index (χ3v) is 9.60. The summed E-state index contributed by atoms with van der Waals surface area (Å²) in [6.07, 6.45) is 0. The third-order valence-electron chi connectivity index (χ3n) is 8.46. The lowest BCUT2D eigenvalue weighted by molar-refractivity contribution is 0.670. The normalized spacial score (nSPS) is 11.7. The van der Waals surface area contributed by atoms with E-state index in [4.69, 9.17) is 4.42 Å². The van der Waals surface area contributed by atoms with Crippen LogP contribution in [0.15, 0.2) is 156 Å². The number of hydrogen-bond acceptors (Lipinski definition) is 3. The Bertz CT molecular complexity index is 2450. The van der Waals surface area contributed by atoms with Gasteiger partial charge < -0.3 is 9.32 Å². The average Bonchev–Trinajstić information content (AvgIpc) is 3.65. The molecule has 9 aromatic rings. The first kappa shape index (κ1) is 24.2. The minimum Gasteiger partial charge on any atom is -0.455 e. The number of furan rings is 1. The lowest BCUT2D eigenvalue weighted by atomic mass is 9.99. The molecule has 9 rings (SSSR count). The molecular weight excluding hydrogens is 543 g/mol. The number of thiophene rings is 1. The number of hydrogen-bond donors (Lipinski definition) is 0. The summed E-state index contributed by atoms with van der Waals surface area (Å²) in [6.45, 7) is 0. The number of fused-ring (bicyclic) bond motifs is 8. The van der Waals surface area contributed by atoms with Crippen molar-refractivity contribution in [3.8, 4) is 11.1 Å². The number of nitrogens with zero attached hydrogens (tertiary/aromatic N) is 1. The van der Waals surface area contributed by atoms with E-state index in [1.165, 1.54) is 42.0 Å². The Labute approximate surface area is 252 Å². The van der Waals surface area contributed by atoms with Crippen LogP contribution in [0.1, 0.15) is 0 Å². The smallest absolute Gasteiger partial charge is 0.143 e. The summed E-state index contributed by atoms with van der Waals surface area (Å²) in [4.78, 5) is 2.37. The zero-order valence-corrected chi connectivity index (χ0v) is 24.0. The molecule has 202 valence electrons. The number of rotatable bonds is 4. The second-order valence-corrected chi connectivity index (χ2v) is 12.0. The van der Waals surface area contributed by atoms with E-state index < -0.39 is 0 Å². The maximum absolute atomic E-state index is 6.53. The molecule has 2 aromatic heterocycles. The molecule has 0 spiro atoms. The monoisotopic (exact) mass is 567 g/mol. The zero-order valence-electron chi connectivity index (χ0n) is 23.2. The van der Waals surface area contributed by atoms with Gasteiger partial charge in [-0.2, -0.15) is 0 Å². The Balaban J connectivity index is 1.21. The third kappa shape index (κ3) is 3.79. The van der Waals surface area contributed by atoms with Crippen molar-refractivity contribution in [2.24, 2.45) is 0 Å². The van der Waals surface area contributed by atoms with Crippen molar-refractivity contribution in [3.63, 3.8) is 0 Å². The summed E-state index contributed by atoms with van der Waals surface area (Å²) >= 11 is 1.85. The molecule has 3 heteroatoms. The van der Waals surface area contributed by atoms with Crippen molar-refractivity contribution >= 4 is 81.3 Å². The Hall–Kier alpha value is -5.38. The molecule has 0 aliphatic heterocycles. The summed E-state index contributed by atoms with van der Waals surface area (Å²) in [5.74, 6) is 0. The van der Waals surface area contributed by atoms with Crippen LogP contribution in [0.2, 0.25) is 0 Å². The van der Waals surface area contributed by atoms with Crippen molar-refractivity contribution < 1.29 is 4.42 Å². The summed E-state index contributed by atoms with van der Waals surface area (Å²) < 4.78 is 9.13. The summed E-state index contributed by atoms with van der Waals surface area (Å²) in [6, 6.07) is 54.1. The fourth-order valence-electron chi connectivity index (χ4n) is 6.53. The topological polar surface area (TPSA) is 16.4 Å². The zero-order chi connectivity index (χ0) is 28.3. The van der Waals surface area contributed by atoms with E-state index in [-0.39, 0.29) is 0 Å². The molecule has 43 heavy (non-hydrogen) atoms. The van der Waals surface area contributed by atoms with Gasteiger partial charge in [0.05, 0.1) is 5.69 Å². The second kappa shape index (κ2) is 9.59. The highest BCUT2D eigenvalue weighted by Crippen LogP contribution is 2.45. The standard InChI is InChI=1S/C40H25NOS/c1-2-11-28(12-3-1)41(34-17-9-19-37-39(34)32-14-6-7-18-36(32)43-37)29-23-20-27(21-24-29)31-15-8-16-33-38-30-13-5-4-10-26(30)22-25-35(38)42-40(31)33/h1-25H. The van der Waals surface area contributed by atoms with Crippen LogP contribution in [0.4, 0.5) is 17.1 Å². The maximum Gasteiger partial charge on any atom is 0.143 e. The van der Waals surface area contributed by atoms with Crippen LogP contribution in [-0.4, -0.2) is 0 Å². The van der Waals surface area contributed by atoms with Crippen LogP contribution in [0.5, 0.6) is 0 Å². The van der Waals surface area contributed by atoms with Gasteiger partial charge >= 0.3 is 0 Å². The predicted octanol–water partition coefficient (Wildman–Crippen LogP) is 12.2. The van der Waals surface area contributed by atoms with E-state index in [2.05, 4.69) is 157 Å². The van der Waals surface area contributed by atoms with Crippen LogP contribution in [-0.2, 0) is 0 Å². The Morgan fingerprint density at radius 1 is 0.465 bits per heavy atom. The molecule has 0 N–H and O–H groups in total. The molecule has 0 amide bonds. The van der Waals surface area contributed by atoms with Crippen LogP contribution < -0.4 is 4.90 Å². The van der Waals surface area contributed by atoms with Crippen molar-refractivity contribution in [2.75, 3.05) is 4.90 Å². The molecule has 0 aliphatic rings. The number of para-hydroxylation sites is 2. The van der Waals surface area contributed by atoms with Crippen molar-refractivity contribution in [2.45, 2.75) is 0 Å². The molecule has 0 radical (unpaired) electrons. The fourth-order valence-corrected chi connectivity index (χ4v) is 7.66. The van der Waals surface area contributed by atoms with Crippen LogP contribution >= 0.6 is 11.3 Å². The fraction of sp³-hybridized carbons (Fsp3) is 0. The van der Waals surface area contributed by atoms with E-state index in [1.807, 2.05) is 11.3 Å². The Morgan fingerprint density at radius 2 is 1.16 bits per heavy atom. The first-order chi connectivity index (χ1) is 21.3. The van der Waals surface area contributed by atoms with E-state index in [0.29, 0.717) is 0 Å². The minimum atomic E-state index is 0.920. The van der Waals surface area contributed by atoms with Gasteiger partial charge in [0.1, 0.15) is 11.2 Å². The molecule has 0 fully saturated rings. The molecule has 0 saturated carbocycles. The molecule has 0 unspecified atom stereocenters. The lowest BCUT2D eigenvalue weighted by Crippen LogP contribution is -2.10. The highest BCUT2D eigenvalue weighted by Gasteiger charge is 2.19. The first-order valence-electron chi connectivity index (χ1n) is 14.5. The van der Waals surface area contributed by atoms with Crippen LogP contribution in [0.25, 0.3) is 64.0 Å². The summed E-state index contributed by atoms with van der Waals surface area (Å²) in [5.41, 5.74) is 7.50. The SMILES string of the molecule is c1ccc(N(c2ccc(-c3cccc4c3oc3ccc5ccccc5c34)cc2)c2cccc3sc4ccccc4c23)cc1. The molecule has 0 atom stereocenters. The van der Waals surface area contributed by atoms with Gasteiger partial charge in [-0.3, -0.25) is 0 Å². The van der Waals surface area contributed by atoms with Crippen molar-refractivity contribution in [3.05, 3.63) is 152 Å². The predicted molar refractivity (Wildman–Crippen MR) is 184 cm³/mol. The molecule has 0 bridgehead atoms. The van der Waals surface area contributed by atoms with Gasteiger partial charge in [-0.15, -0.1) is 11.3 Å². The minimum absolute atomic E-state index is 0.920. The summed E-state index contributed by atoms with van der Waals surface area (Å²) in [7, 11) is 0. The highest BCUT2D eigenvalue weighted by atomic mass is 32.1. The summed E-state index contributed by atoms with van der Waals surface area (Å²) in [5, 5.41) is 7.35. The lowest BCUT2D eigenvalue weighted by Gasteiger charge is -2.26. The second-order valence-electron chi connectivity index (χ2n) is 10.9. The molecule has 0 aliphatic carbocycles. The first-order valence-corrected chi connectivity index (χ1v) is 15.3. The van der Waals surface area contributed by atoms with E-state index in [9.17, 15) is 0 Å². The van der Waals surface area contributed by atoms with Gasteiger partial charge in [-0.05, 0) is 64.9 Å². The maximum atomic E-state index is 6.53.